The molecule has 2 N–H and O–H groups in total. The van der Waals surface area contributed by atoms with E-state index in [1.54, 1.807) is 0 Å². The molecular weight excluding hydrogens is 479 g/mol. The highest BCUT2D eigenvalue weighted by Gasteiger charge is 2.65. The second kappa shape index (κ2) is 9.46. The van der Waals surface area contributed by atoms with E-state index in [4.69, 9.17) is 14.7 Å². The zero-order valence-electron chi connectivity index (χ0n) is 18.5. The molecule has 2 heterocycles. The molecule has 0 bridgehead atoms. The second-order valence-electron chi connectivity index (χ2n) is 7.93. The first kappa shape index (κ1) is 25.8. The van der Waals surface area contributed by atoms with Gasteiger partial charge in [-0.2, -0.15) is 22.8 Å². The zero-order valence-corrected chi connectivity index (χ0v) is 18.5. The molecule has 186 valence electrons. The van der Waals surface area contributed by atoms with Gasteiger partial charge >= 0.3 is 6.18 Å². The van der Waals surface area contributed by atoms with Crippen molar-refractivity contribution in [2.45, 2.75) is 37.6 Å². The number of carbonyl (C=O) groups excluding carboxylic acids is 2. The molecule has 0 aliphatic carbocycles. The van der Waals surface area contributed by atoms with E-state index in [9.17, 15) is 31.5 Å². The number of hydrogen-bond acceptors (Lipinski definition) is 6. The molecule has 1 aromatic carbocycles. The molecule has 1 aliphatic heterocycles. The van der Waals surface area contributed by atoms with Crippen LogP contribution in [0.5, 0.6) is 5.75 Å². The van der Waals surface area contributed by atoms with Gasteiger partial charge in [0.25, 0.3) is 11.8 Å². The molecule has 0 radical (unpaired) electrons. The molecule has 2 amide bonds. The summed E-state index contributed by atoms with van der Waals surface area (Å²) in [5.41, 5.74) is -3.27. The summed E-state index contributed by atoms with van der Waals surface area (Å²) < 4.78 is 80.3. The van der Waals surface area contributed by atoms with Gasteiger partial charge in [-0.25, -0.2) is 4.39 Å². The third kappa shape index (κ3) is 4.61. The Balaban J connectivity index is 2.04. The number of hydrogen-bond donors (Lipinski definition) is 2. The summed E-state index contributed by atoms with van der Waals surface area (Å²) in [5.74, 6) is -8.07. The lowest BCUT2D eigenvalue weighted by Gasteiger charge is -2.32. The van der Waals surface area contributed by atoms with Crippen LogP contribution in [0.3, 0.4) is 0 Å². The van der Waals surface area contributed by atoms with E-state index in [0.717, 1.165) is 38.4 Å². The number of ether oxygens (including phenoxy) is 2. The van der Waals surface area contributed by atoms with Crippen LogP contribution in [-0.2, 0) is 9.53 Å². The van der Waals surface area contributed by atoms with Crippen LogP contribution in [0, 0.1) is 29.0 Å². The van der Waals surface area contributed by atoms with Crippen LogP contribution in [0.4, 0.5) is 27.6 Å². The van der Waals surface area contributed by atoms with Crippen LogP contribution < -0.4 is 15.4 Å². The van der Waals surface area contributed by atoms with Gasteiger partial charge in [-0.3, -0.25) is 19.9 Å². The maximum absolute atomic E-state index is 14.4. The van der Waals surface area contributed by atoms with Gasteiger partial charge in [0, 0.05) is 29.3 Å². The average molecular weight is 498 g/mol. The third-order valence-corrected chi connectivity index (χ3v) is 6.00. The summed E-state index contributed by atoms with van der Waals surface area (Å²) >= 11 is 0. The van der Waals surface area contributed by atoms with Crippen molar-refractivity contribution in [2.75, 3.05) is 12.4 Å². The lowest BCUT2D eigenvalue weighted by atomic mass is 9.77. The van der Waals surface area contributed by atoms with Gasteiger partial charge in [-0.05, 0) is 25.1 Å². The van der Waals surface area contributed by atoms with Crippen LogP contribution in [0.15, 0.2) is 30.5 Å². The van der Waals surface area contributed by atoms with Crippen molar-refractivity contribution < 1.29 is 41.0 Å². The van der Waals surface area contributed by atoms with Crippen molar-refractivity contribution in [1.82, 2.24) is 10.3 Å². The molecule has 1 aliphatic rings. The number of amides is 2. The molecule has 4 unspecified atom stereocenters. The minimum absolute atomic E-state index is 0.0269. The molecule has 35 heavy (non-hydrogen) atoms. The summed E-state index contributed by atoms with van der Waals surface area (Å²) in [6, 6.07) is 4.12. The zero-order chi connectivity index (χ0) is 26.1. The molecule has 0 saturated carbocycles. The first-order valence-corrected chi connectivity index (χ1v) is 10.1. The summed E-state index contributed by atoms with van der Waals surface area (Å²) in [7, 11) is 1.02. The molecular formula is C22H19F5N4O4. The summed E-state index contributed by atoms with van der Waals surface area (Å²) in [6.45, 7) is 1.95. The Bertz CT molecular complexity index is 1200. The number of nitriles is 1. The predicted octanol–water partition coefficient (Wildman–Crippen LogP) is 3.66. The number of aromatic nitrogens is 1. The molecule has 13 heteroatoms. The first-order valence-electron chi connectivity index (χ1n) is 10.1. The Morgan fingerprint density at radius 1 is 1.26 bits per heavy atom. The number of carbonyl (C=O) groups is 2. The number of pyridine rings is 1. The van der Waals surface area contributed by atoms with Gasteiger partial charge in [0.1, 0.15) is 11.8 Å². The normalized spacial score (nSPS) is 23.9. The number of nitrogens with one attached hydrogen (secondary N) is 2. The fraction of sp³-hybridized carbons (Fsp3) is 0.364. The first-order chi connectivity index (χ1) is 16.4. The molecule has 8 nitrogen and oxygen atoms in total. The highest BCUT2D eigenvalue weighted by Crippen LogP contribution is 2.55. The molecule has 3 rings (SSSR count). The molecule has 4 atom stereocenters. The smallest absolute Gasteiger partial charge is 0.417 e. The number of alkyl halides is 3. The van der Waals surface area contributed by atoms with E-state index in [0.29, 0.717) is 0 Å². The van der Waals surface area contributed by atoms with E-state index in [1.807, 2.05) is 5.32 Å². The second-order valence-corrected chi connectivity index (χ2v) is 7.93. The van der Waals surface area contributed by atoms with Gasteiger partial charge in [-0.15, -0.1) is 0 Å². The number of nitrogens with zero attached hydrogens (tertiary/aromatic N) is 2. The van der Waals surface area contributed by atoms with Gasteiger partial charge in [0.05, 0.1) is 7.11 Å². The lowest BCUT2D eigenvalue weighted by molar-refractivity contribution is -0.272. The van der Waals surface area contributed by atoms with Crippen molar-refractivity contribution in [3.63, 3.8) is 0 Å². The summed E-state index contributed by atoms with van der Waals surface area (Å²) in [5, 5.41) is 12.8. The highest BCUT2D eigenvalue weighted by molar-refractivity contribution is 5.98. The highest BCUT2D eigenvalue weighted by atomic mass is 19.4. The van der Waals surface area contributed by atoms with Gasteiger partial charge in [-0.1, -0.05) is 13.0 Å². The molecule has 2 aromatic rings. The third-order valence-electron chi connectivity index (χ3n) is 6.00. The predicted molar refractivity (Wildman–Crippen MR) is 110 cm³/mol. The van der Waals surface area contributed by atoms with Gasteiger partial charge in [0.15, 0.2) is 23.4 Å². The van der Waals surface area contributed by atoms with Crippen LogP contribution in [0.2, 0.25) is 0 Å². The summed E-state index contributed by atoms with van der Waals surface area (Å²) in [4.78, 5) is 28.7. The molecule has 1 fully saturated rings. The van der Waals surface area contributed by atoms with Crippen LogP contribution in [0.1, 0.15) is 35.8 Å². The average Bonchev–Trinajstić information content (AvgIpc) is 3.08. The number of halogens is 5. The largest absolute Gasteiger partial charge is 0.493 e. The maximum Gasteiger partial charge on any atom is 0.417 e. The Hall–Kier alpha value is -3.79. The van der Waals surface area contributed by atoms with Crippen molar-refractivity contribution in [3.8, 4) is 11.9 Å². The monoisotopic (exact) mass is 498 g/mol. The van der Waals surface area contributed by atoms with Crippen molar-refractivity contribution in [2.24, 2.45) is 5.92 Å². The molecule has 1 aromatic heterocycles. The number of rotatable bonds is 5. The van der Waals surface area contributed by atoms with Crippen LogP contribution in [-0.4, -0.2) is 41.8 Å². The lowest BCUT2D eigenvalue weighted by Crippen LogP contribution is -2.47. The van der Waals surface area contributed by atoms with Gasteiger partial charge < -0.3 is 14.8 Å². The van der Waals surface area contributed by atoms with Gasteiger partial charge in [0.2, 0.25) is 5.82 Å². The minimum Gasteiger partial charge on any atom is -0.493 e. The van der Waals surface area contributed by atoms with E-state index in [2.05, 4.69) is 10.3 Å². The Morgan fingerprint density at radius 2 is 1.94 bits per heavy atom. The Morgan fingerprint density at radius 3 is 2.54 bits per heavy atom. The Labute approximate surface area is 196 Å². The fourth-order valence-corrected chi connectivity index (χ4v) is 4.00. The van der Waals surface area contributed by atoms with Crippen LogP contribution in [0.25, 0.3) is 0 Å². The van der Waals surface area contributed by atoms with E-state index in [-0.39, 0.29) is 16.9 Å². The van der Waals surface area contributed by atoms with Crippen LogP contribution >= 0.6 is 0 Å². The van der Waals surface area contributed by atoms with E-state index < -0.39 is 58.9 Å². The molecule has 1 saturated heterocycles. The van der Waals surface area contributed by atoms with Crippen molar-refractivity contribution >= 4 is 17.5 Å². The maximum atomic E-state index is 14.4. The van der Waals surface area contributed by atoms with E-state index >= 15 is 0 Å². The van der Waals surface area contributed by atoms with E-state index in [1.165, 1.54) is 19.2 Å². The fourth-order valence-electron chi connectivity index (χ4n) is 4.00. The Kier molecular flexibility index (Phi) is 6.98. The number of anilines is 1. The van der Waals surface area contributed by atoms with Crippen molar-refractivity contribution in [3.05, 3.63) is 53.4 Å². The van der Waals surface area contributed by atoms with Crippen molar-refractivity contribution in [1.29, 1.82) is 5.26 Å². The standard InChI is InChI=1S/C22H19F5N4O4/c1-10-15(12-4-5-13(23)16(24)17(12)34-3)18(35-21(10,2)22(25,26)27)20(33)31-11-6-7-29-14(8-11)19(32)30-9-28/h4-8,10,15,18H,1-3H3,(H,30,32)(H,29,31,33). The summed E-state index contributed by atoms with van der Waals surface area (Å²) in [6.07, 6.45) is -4.16. The number of methoxy groups -OCH3 is 1. The number of benzene rings is 1. The quantitative estimate of drug-likeness (QED) is 0.370. The topological polar surface area (TPSA) is 113 Å². The minimum atomic E-state index is -4.91. The SMILES string of the molecule is COc1c(C2C(C(=O)Nc3ccnc(C(=O)NC#N)c3)OC(C)(C(F)(F)F)C2C)ccc(F)c1F. The molecule has 0 spiro atoms.